The van der Waals surface area contributed by atoms with E-state index in [1.165, 1.54) is 7.11 Å². The monoisotopic (exact) mass is 201 g/mol. The van der Waals surface area contributed by atoms with E-state index >= 15 is 0 Å². The summed E-state index contributed by atoms with van der Waals surface area (Å²) < 4.78 is 9.91. The molecule has 0 aromatic rings. The Morgan fingerprint density at radius 3 is 2.71 bits per heavy atom. The second-order valence-corrected chi connectivity index (χ2v) is 3.83. The Morgan fingerprint density at radius 1 is 1.43 bits per heavy atom. The van der Waals surface area contributed by atoms with Crippen molar-refractivity contribution >= 4 is 5.97 Å². The topological polar surface area (TPSA) is 61.5 Å². The number of methoxy groups -OCH3 is 2. The minimum absolute atomic E-state index is 0.209. The summed E-state index contributed by atoms with van der Waals surface area (Å²) in [6, 6.07) is -0.488. The summed E-state index contributed by atoms with van der Waals surface area (Å²) in [5.41, 5.74) is 5.79. The van der Waals surface area contributed by atoms with E-state index in [1.807, 2.05) is 0 Å². The fourth-order valence-electron chi connectivity index (χ4n) is 2.05. The number of carbonyl (C=O) groups is 1. The van der Waals surface area contributed by atoms with Crippen molar-refractivity contribution in [3.63, 3.8) is 0 Å². The lowest BCUT2D eigenvalue weighted by atomic mass is 9.82. The van der Waals surface area contributed by atoms with E-state index in [-0.39, 0.29) is 18.0 Å². The van der Waals surface area contributed by atoms with E-state index in [0.29, 0.717) is 0 Å². The molecule has 14 heavy (non-hydrogen) atoms. The second-order valence-electron chi connectivity index (χ2n) is 3.83. The summed E-state index contributed by atoms with van der Waals surface area (Å²) in [7, 11) is 3.08. The van der Waals surface area contributed by atoms with Crippen LogP contribution in [0, 0.1) is 5.92 Å². The molecule has 82 valence electrons. The molecule has 4 heteroatoms. The highest BCUT2D eigenvalue weighted by molar-refractivity contribution is 5.75. The van der Waals surface area contributed by atoms with Crippen LogP contribution in [0.3, 0.4) is 0 Å². The maximum absolute atomic E-state index is 11.2. The lowest BCUT2D eigenvalue weighted by Gasteiger charge is -2.30. The van der Waals surface area contributed by atoms with Gasteiger partial charge in [0, 0.05) is 7.11 Å². The molecule has 0 heterocycles. The molecular weight excluding hydrogens is 182 g/mol. The Hall–Kier alpha value is -0.610. The molecule has 0 spiro atoms. The number of ether oxygens (including phenoxy) is 2. The minimum Gasteiger partial charge on any atom is -0.468 e. The van der Waals surface area contributed by atoms with Crippen LogP contribution in [0.5, 0.6) is 0 Å². The van der Waals surface area contributed by atoms with Crippen molar-refractivity contribution in [2.75, 3.05) is 14.2 Å². The van der Waals surface area contributed by atoms with Gasteiger partial charge in [-0.15, -0.1) is 0 Å². The fourth-order valence-corrected chi connectivity index (χ4v) is 2.05. The molecule has 1 saturated carbocycles. The molecule has 1 rings (SSSR count). The van der Waals surface area contributed by atoms with Crippen molar-refractivity contribution in [3.8, 4) is 0 Å². The zero-order valence-corrected chi connectivity index (χ0v) is 8.86. The number of rotatable bonds is 3. The van der Waals surface area contributed by atoms with Gasteiger partial charge in [-0.2, -0.15) is 0 Å². The van der Waals surface area contributed by atoms with E-state index in [1.54, 1.807) is 7.11 Å². The van der Waals surface area contributed by atoms with Crippen molar-refractivity contribution in [2.24, 2.45) is 11.7 Å². The number of hydrogen-bond donors (Lipinski definition) is 1. The molecule has 0 bridgehead atoms. The summed E-state index contributed by atoms with van der Waals surface area (Å²) >= 11 is 0. The Kier molecular flexibility index (Phi) is 4.35. The van der Waals surface area contributed by atoms with Crippen molar-refractivity contribution < 1.29 is 14.3 Å². The van der Waals surface area contributed by atoms with Crippen LogP contribution in [0.2, 0.25) is 0 Å². The second kappa shape index (κ2) is 5.32. The van der Waals surface area contributed by atoms with Gasteiger partial charge < -0.3 is 15.2 Å². The highest BCUT2D eigenvalue weighted by Gasteiger charge is 2.30. The molecular formula is C10H19NO3. The fraction of sp³-hybridized carbons (Fsp3) is 0.900. The smallest absolute Gasteiger partial charge is 0.322 e. The molecule has 0 radical (unpaired) electrons. The molecule has 0 aromatic heterocycles. The molecule has 0 saturated heterocycles. The average Bonchev–Trinajstić information content (AvgIpc) is 2.27. The Bertz CT molecular complexity index is 196. The van der Waals surface area contributed by atoms with Gasteiger partial charge in [-0.3, -0.25) is 4.79 Å². The SMILES string of the molecule is COC(=O)[C@@H](N)[C@@H]1CCC[C@@H](OC)C1. The van der Waals surface area contributed by atoms with Gasteiger partial charge in [-0.1, -0.05) is 6.42 Å². The van der Waals surface area contributed by atoms with Gasteiger partial charge in [0.15, 0.2) is 0 Å². The van der Waals surface area contributed by atoms with E-state index in [9.17, 15) is 4.79 Å². The third kappa shape index (κ3) is 2.69. The van der Waals surface area contributed by atoms with Crippen LogP contribution in [0.25, 0.3) is 0 Å². The molecule has 0 aliphatic heterocycles. The van der Waals surface area contributed by atoms with Crippen LogP contribution in [0.15, 0.2) is 0 Å². The molecule has 2 N–H and O–H groups in total. The average molecular weight is 201 g/mol. The van der Waals surface area contributed by atoms with Crippen LogP contribution in [0.4, 0.5) is 0 Å². The predicted octanol–water partition coefficient (Wildman–Crippen LogP) is 0.692. The normalized spacial score (nSPS) is 29.6. The third-order valence-corrected chi connectivity index (χ3v) is 2.98. The molecule has 4 nitrogen and oxygen atoms in total. The van der Waals surface area contributed by atoms with E-state index in [4.69, 9.17) is 10.5 Å². The largest absolute Gasteiger partial charge is 0.468 e. The van der Waals surface area contributed by atoms with Gasteiger partial charge >= 0.3 is 5.97 Å². The number of esters is 1. The summed E-state index contributed by atoms with van der Waals surface area (Å²) in [5.74, 6) is -0.104. The van der Waals surface area contributed by atoms with Crippen molar-refractivity contribution in [1.82, 2.24) is 0 Å². The Morgan fingerprint density at radius 2 is 2.14 bits per heavy atom. The zero-order chi connectivity index (χ0) is 10.6. The number of nitrogens with two attached hydrogens (primary N) is 1. The van der Waals surface area contributed by atoms with Gasteiger partial charge in [0.05, 0.1) is 13.2 Å². The lowest BCUT2D eigenvalue weighted by molar-refractivity contribution is -0.144. The van der Waals surface area contributed by atoms with Gasteiger partial charge in [-0.05, 0) is 25.2 Å². The van der Waals surface area contributed by atoms with Gasteiger partial charge in [0.2, 0.25) is 0 Å². The van der Waals surface area contributed by atoms with Gasteiger partial charge in [0.25, 0.3) is 0 Å². The Labute approximate surface area is 84.7 Å². The number of carbonyl (C=O) groups excluding carboxylic acids is 1. The summed E-state index contributed by atoms with van der Waals surface area (Å²) in [4.78, 5) is 11.2. The molecule has 3 atom stereocenters. The molecule has 1 fully saturated rings. The summed E-state index contributed by atoms with van der Waals surface area (Å²) in [5, 5.41) is 0. The predicted molar refractivity (Wildman–Crippen MR) is 52.7 cm³/mol. The molecule has 0 amide bonds. The van der Waals surface area contributed by atoms with Crippen LogP contribution in [0.1, 0.15) is 25.7 Å². The zero-order valence-electron chi connectivity index (χ0n) is 8.86. The molecule has 0 unspecified atom stereocenters. The Balaban J connectivity index is 2.46. The maximum atomic E-state index is 11.2. The van der Waals surface area contributed by atoms with Crippen LogP contribution >= 0.6 is 0 Å². The minimum atomic E-state index is -0.488. The molecule has 0 aromatic carbocycles. The first kappa shape index (κ1) is 11.5. The van der Waals surface area contributed by atoms with Crippen molar-refractivity contribution in [3.05, 3.63) is 0 Å². The van der Waals surface area contributed by atoms with E-state index in [2.05, 4.69) is 4.74 Å². The summed E-state index contributed by atoms with van der Waals surface area (Å²) in [6.07, 6.45) is 4.27. The van der Waals surface area contributed by atoms with Crippen molar-refractivity contribution in [2.45, 2.75) is 37.8 Å². The van der Waals surface area contributed by atoms with Gasteiger partial charge in [-0.25, -0.2) is 0 Å². The lowest BCUT2D eigenvalue weighted by Crippen LogP contribution is -2.42. The van der Waals surface area contributed by atoms with Gasteiger partial charge in [0.1, 0.15) is 6.04 Å². The third-order valence-electron chi connectivity index (χ3n) is 2.98. The molecule has 1 aliphatic rings. The number of hydrogen-bond acceptors (Lipinski definition) is 4. The van der Waals surface area contributed by atoms with E-state index in [0.717, 1.165) is 25.7 Å². The first-order chi connectivity index (χ1) is 6.69. The summed E-state index contributed by atoms with van der Waals surface area (Å²) in [6.45, 7) is 0. The highest BCUT2D eigenvalue weighted by Crippen LogP contribution is 2.28. The standard InChI is InChI=1S/C10H19NO3/c1-13-8-5-3-4-7(6-8)9(11)10(12)14-2/h7-9H,3-6,11H2,1-2H3/t7-,8-,9+/m1/s1. The van der Waals surface area contributed by atoms with Crippen molar-refractivity contribution in [1.29, 1.82) is 0 Å². The molecule has 1 aliphatic carbocycles. The first-order valence-electron chi connectivity index (χ1n) is 5.05. The highest BCUT2D eigenvalue weighted by atomic mass is 16.5. The van der Waals surface area contributed by atoms with Crippen LogP contribution in [-0.2, 0) is 14.3 Å². The van der Waals surface area contributed by atoms with Crippen LogP contribution < -0.4 is 5.73 Å². The first-order valence-corrected chi connectivity index (χ1v) is 5.05. The van der Waals surface area contributed by atoms with E-state index < -0.39 is 6.04 Å². The van der Waals surface area contributed by atoms with Crippen LogP contribution in [-0.4, -0.2) is 32.3 Å². The quantitative estimate of drug-likeness (QED) is 0.682. The maximum Gasteiger partial charge on any atom is 0.322 e.